The van der Waals surface area contributed by atoms with Crippen LogP contribution >= 0.6 is 0 Å². The number of carbonyl (C=O) groups is 2. The molecule has 2 aliphatic carbocycles. The third-order valence-corrected chi connectivity index (χ3v) is 4.35. The summed E-state index contributed by atoms with van der Waals surface area (Å²) in [6.07, 6.45) is 1.86. The number of hydrogen-bond acceptors (Lipinski definition) is 5. The number of amides is 1. The lowest BCUT2D eigenvalue weighted by atomic mass is 10.1. The van der Waals surface area contributed by atoms with Gasteiger partial charge < -0.3 is 19.5 Å². The number of rotatable bonds is 5. The van der Waals surface area contributed by atoms with Gasteiger partial charge in [-0.05, 0) is 56.9 Å². The van der Waals surface area contributed by atoms with E-state index < -0.39 is 23.2 Å². The first-order valence-electron chi connectivity index (χ1n) is 8.76. The van der Waals surface area contributed by atoms with Crippen molar-refractivity contribution >= 4 is 12.1 Å². The van der Waals surface area contributed by atoms with Gasteiger partial charge in [0.05, 0.1) is 7.11 Å². The Labute approximate surface area is 153 Å². The molecule has 2 aliphatic rings. The molecule has 3 rings (SSSR count). The largest absolute Gasteiger partial charge is 0.497 e. The Morgan fingerprint density at radius 2 is 1.81 bits per heavy atom. The number of benzene rings is 1. The van der Waals surface area contributed by atoms with E-state index >= 15 is 0 Å². The summed E-state index contributed by atoms with van der Waals surface area (Å²) in [4.78, 5) is 24.9. The Balaban J connectivity index is 1.61. The van der Waals surface area contributed by atoms with Crippen molar-refractivity contribution in [2.45, 2.75) is 57.8 Å². The van der Waals surface area contributed by atoms with E-state index in [1.165, 1.54) is 5.57 Å². The fourth-order valence-corrected chi connectivity index (χ4v) is 2.82. The number of alkyl carbamates (subject to hydrolysis) is 1. The van der Waals surface area contributed by atoms with Crippen LogP contribution in [-0.4, -0.2) is 30.3 Å². The first kappa shape index (κ1) is 18.3. The predicted octanol–water partition coefficient (Wildman–Crippen LogP) is 3.50. The molecule has 0 spiro atoms. The zero-order chi connectivity index (χ0) is 18.9. The van der Waals surface area contributed by atoms with Crippen LogP contribution in [0.5, 0.6) is 5.75 Å². The minimum atomic E-state index is -1.05. The van der Waals surface area contributed by atoms with Crippen molar-refractivity contribution < 1.29 is 23.8 Å². The van der Waals surface area contributed by atoms with Crippen LogP contribution in [0.4, 0.5) is 4.79 Å². The van der Waals surface area contributed by atoms with Gasteiger partial charge in [-0.15, -0.1) is 0 Å². The number of esters is 1. The molecule has 2 saturated carbocycles. The second kappa shape index (κ2) is 6.67. The minimum Gasteiger partial charge on any atom is -0.497 e. The molecule has 1 aromatic carbocycles. The van der Waals surface area contributed by atoms with Gasteiger partial charge in [0, 0.05) is 6.42 Å². The van der Waals surface area contributed by atoms with Crippen LogP contribution in [-0.2, 0) is 20.9 Å². The highest BCUT2D eigenvalue weighted by molar-refractivity contribution is 5.96. The van der Waals surface area contributed by atoms with Gasteiger partial charge >= 0.3 is 12.1 Å². The van der Waals surface area contributed by atoms with Gasteiger partial charge in [-0.2, -0.15) is 0 Å². The van der Waals surface area contributed by atoms with Gasteiger partial charge in [-0.25, -0.2) is 9.59 Å². The van der Waals surface area contributed by atoms with Crippen LogP contribution in [0, 0.1) is 0 Å². The standard InChI is InChI=1S/C20H25NO5/c1-19(2,3)26-17(22)20(11-16(20)14-7-8-14)21-18(23)25-12-13-5-9-15(24-4)10-6-13/h5-6,9-10H,7-8,11-12H2,1-4H3,(H,21,23). The molecule has 1 N–H and O–H groups in total. The molecular formula is C20H25NO5. The molecule has 1 unspecified atom stereocenters. The average Bonchev–Trinajstić information content (AvgIpc) is 3.46. The van der Waals surface area contributed by atoms with Gasteiger partial charge in [0.15, 0.2) is 5.54 Å². The van der Waals surface area contributed by atoms with E-state index in [-0.39, 0.29) is 6.61 Å². The zero-order valence-corrected chi connectivity index (χ0v) is 15.7. The summed E-state index contributed by atoms with van der Waals surface area (Å²) >= 11 is 0. The van der Waals surface area contributed by atoms with Crippen molar-refractivity contribution in [1.82, 2.24) is 5.32 Å². The van der Waals surface area contributed by atoms with Crippen molar-refractivity contribution in [3.63, 3.8) is 0 Å². The molecule has 6 heteroatoms. The normalized spacial score (nSPS) is 21.1. The van der Waals surface area contributed by atoms with E-state index in [2.05, 4.69) is 5.32 Å². The van der Waals surface area contributed by atoms with E-state index in [0.717, 1.165) is 29.7 Å². The fraction of sp³-hybridized carbons (Fsp3) is 0.500. The molecule has 2 fully saturated rings. The van der Waals surface area contributed by atoms with Crippen molar-refractivity contribution in [2.75, 3.05) is 7.11 Å². The van der Waals surface area contributed by atoms with E-state index in [1.807, 2.05) is 32.9 Å². The SMILES string of the molecule is COc1ccc(COC(=O)NC2(C(=O)OC(C)(C)C)CC2=C2CC2)cc1. The number of nitrogens with one attached hydrogen (secondary N) is 1. The van der Waals surface area contributed by atoms with Gasteiger partial charge in [0.2, 0.25) is 0 Å². The molecule has 0 saturated heterocycles. The summed E-state index contributed by atoms with van der Waals surface area (Å²) in [5, 5.41) is 2.74. The second-order valence-corrected chi connectivity index (χ2v) is 7.72. The molecule has 140 valence electrons. The average molecular weight is 359 g/mol. The summed E-state index contributed by atoms with van der Waals surface area (Å²) in [6.45, 7) is 5.55. The monoisotopic (exact) mass is 359 g/mol. The molecule has 0 radical (unpaired) electrons. The summed E-state index contributed by atoms with van der Waals surface area (Å²) in [5.41, 5.74) is 1.40. The Hall–Kier alpha value is -2.50. The Kier molecular flexibility index (Phi) is 4.69. The van der Waals surface area contributed by atoms with Crippen LogP contribution in [0.3, 0.4) is 0 Å². The summed E-state index contributed by atoms with van der Waals surface area (Å²) in [7, 11) is 1.59. The maximum atomic E-state index is 12.6. The number of allylic oxidation sites excluding steroid dienone is 1. The molecule has 26 heavy (non-hydrogen) atoms. The van der Waals surface area contributed by atoms with Crippen molar-refractivity contribution in [3.8, 4) is 5.75 Å². The highest BCUT2D eigenvalue weighted by Gasteiger charge is 2.61. The molecule has 0 aliphatic heterocycles. The lowest BCUT2D eigenvalue weighted by molar-refractivity contribution is -0.158. The topological polar surface area (TPSA) is 73.9 Å². The Morgan fingerprint density at radius 3 is 2.35 bits per heavy atom. The lowest BCUT2D eigenvalue weighted by Gasteiger charge is -2.24. The number of hydrogen-bond donors (Lipinski definition) is 1. The first-order chi connectivity index (χ1) is 12.2. The summed E-state index contributed by atoms with van der Waals surface area (Å²) < 4.78 is 15.9. The van der Waals surface area contributed by atoms with Crippen LogP contribution in [0.15, 0.2) is 35.4 Å². The van der Waals surface area contributed by atoms with E-state index in [4.69, 9.17) is 14.2 Å². The maximum Gasteiger partial charge on any atom is 0.408 e. The number of ether oxygens (including phenoxy) is 3. The predicted molar refractivity (Wildman–Crippen MR) is 95.8 cm³/mol. The van der Waals surface area contributed by atoms with Gasteiger partial charge in [-0.3, -0.25) is 0 Å². The molecule has 1 aromatic rings. The second-order valence-electron chi connectivity index (χ2n) is 7.72. The molecule has 0 aromatic heterocycles. The smallest absolute Gasteiger partial charge is 0.408 e. The number of carbonyl (C=O) groups excluding carboxylic acids is 2. The quantitative estimate of drug-likeness (QED) is 0.643. The Bertz CT molecular complexity index is 738. The summed E-state index contributed by atoms with van der Waals surface area (Å²) in [5.74, 6) is 0.321. The highest BCUT2D eigenvalue weighted by Crippen LogP contribution is 2.52. The molecular weight excluding hydrogens is 334 g/mol. The zero-order valence-electron chi connectivity index (χ0n) is 15.7. The van der Waals surface area contributed by atoms with Gasteiger partial charge in [0.1, 0.15) is 18.0 Å². The molecule has 0 heterocycles. The van der Waals surface area contributed by atoms with Gasteiger partial charge in [0.25, 0.3) is 0 Å². The highest BCUT2D eigenvalue weighted by atomic mass is 16.6. The first-order valence-corrected chi connectivity index (χ1v) is 8.76. The van der Waals surface area contributed by atoms with Crippen LogP contribution in [0.1, 0.15) is 45.6 Å². The van der Waals surface area contributed by atoms with Crippen molar-refractivity contribution in [2.24, 2.45) is 0 Å². The molecule has 0 bridgehead atoms. The maximum absolute atomic E-state index is 12.6. The summed E-state index contributed by atoms with van der Waals surface area (Å²) in [6, 6.07) is 7.25. The van der Waals surface area contributed by atoms with Crippen molar-refractivity contribution in [1.29, 1.82) is 0 Å². The molecule has 1 atom stereocenters. The third-order valence-electron chi connectivity index (χ3n) is 4.35. The van der Waals surface area contributed by atoms with E-state index in [9.17, 15) is 9.59 Å². The van der Waals surface area contributed by atoms with Crippen molar-refractivity contribution in [3.05, 3.63) is 41.0 Å². The lowest BCUT2D eigenvalue weighted by Crippen LogP contribution is -2.47. The fourth-order valence-electron chi connectivity index (χ4n) is 2.82. The van der Waals surface area contributed by atoms with E-state index in [0.29, 0.717) is 6.42 Å². The van der Waals surface area contributed by atoms with Gasteiger partial charge in [-0.1, -0.05) is 17.7 Å². The molecule has 1 amide bonds. The number of methoxy groups -OCH3 is 1. The van der Waals surface area contributed by atoms with Crippen LogP contribution in [0.2, 0.25) is 0 Å². The third kappa shape index (κ3) is 4.18. The van der Waals surface area contributed by atoms with Crippen LogP contribution in [0.25, 0.3) is 0 Å². The minimum absolute atomic E-state index is 0.117. The molecule has 6 nitrogen and oxygen atoms in total. The van der Waals surface area contributed by atoms with E-state index in [1.54, 1.807) is 19.2 Å². The van der Waals surface area contributed by atoms with Crippen LogP contribution < -0.4 is 10.1 Å². The Morgan fingerprint density at radius 1 is 1.15 bits per heavy atom.